The molecule has 1 aliphatic carbocycles. The van der Waals surface area contributed by atoms with Crippen molar-refractivity contribution in [2.45, 2.75) is 46.1 Å². The summed E-state index contributed by atoms with van der Waals surface area (Å²) in [7, 11) is 0. The van der Waals surface area contributed by atoms with E-state index in [1.165, 1.54) is 24.0 Å². The average Bonchev–Trinajstić information content (AvgIpc) is 3.21. The summed E-state index contributed by atoms with van der Waals surface area (Å²) in [5.41, 5.74) is 3.50. The predicted octanol–water partition coefficient (Wildman–Crippen LogP) is 3.43. The van der Waals surface area contributed by atoms with Crippen molar-refractivity contribution in [3.8, 4) is 0 Å². The van der Waals surface area contributed by atoms with Crippen LogP contribution in [0.4, 0.5) is 10.5 Å². The molecule has 2 amide bonds. The van der Waals surface area contributed by atoms with Crippen LogP contribution in [-0.2, 0) is 0 Å². The summed E-state index contributed by atoms with van der Waals surface area (Å²) in [6, 6.07) is 0.402. The number of urea groups is 1. The Balaban J connectivity index is 1.60. The van der Waals surface area contributed by atoms with Crippen molar-refractivity contribution in [1.29, 1.82) is 0 Å². The third kappa shape index (κ3) is 3.12. The smallest absolute Gasteiger partial charge is 0.320 e. The van der Waals surface area contributed by atoms with Gasteiger partial charge >= 0.3 is 6.03 Å². The van der Waals surface area contributed by atoms with Crippen LogP contribution >= 0.6 is 0 Å². The predicted molar refractivity (Wildman–Crippen MR) is 83.2 cm³/mol. The Morgan fingerprint density at radius 3 is 2.81 bits per heavy atom. The molecule has 0 radical (unpaired) electrons. The van der Waals surface area contributed by atoms with Gasteiger partial charge in [-0.3, -0.25) is 4.68 Å². The van der Waals surface area contributed by atoms with E-state index in [9.17, 15) is 4.79 Å². The number of amides is 2. The molecule has 0 saturated heterocycles. The van der Waals surface area contributed by atoms with Gasteiger partial charge in [0.15, 0.2) is 0 Å². The van der Waals surface area contributed by atoms with E-state index in [0.717, 1.165) is 31.1 Å². The first-order chi connectivity index (χ1) is 10.0. The monoisotopic (exact) mass is 288 g/mol. The van der Waals surface area contributed by atoms with Gasteiger partial charge in [-0.1, -0.05) is 11.1 Å². The molecule has 114 valence electrons. The van der Waals surface area contributed by atoms with Crippen LogP contribution in [0, 0.1) is 5.92 Å². The van der Waals surface area contributed by atoms with Gasteiger partial charge in [0.2, 0.25) is 0 Å². The number of anilines is 1. The standard InChI is InChI=1S/C16H24N4O/c1-11-6-7-19(9-12(11)2)16(21)18-15-8-17-20(10-15)13(3)14-4-5-14/h8,10,13-14H,4-7,9H2,1-3H3,(H,18,21). The summed E-state index contributed by atoms with van der Waals surface area (Å²) >= 11 is 0. The summed E-state index contributed by atoms with van der Waals surface area (Å²) in [5.74, 6) is 0.756. The highest BCUT2D eigenvalue weighted by atomic mass is 16.2. The molecule has 1 saturated carbocycles. The highest BCUT2D eigenvalue weighted by Crippen LogP contribution is 2.39. The lowest BCUT2D eigenvalue weighted by Gasteiger charge is -2.28. The topological polar surface area (TPSA) is 50.2 Å². The molecule has 5 heteroatoms. The van der Waals surface area contributed by atoms with Crippen molar-refractivity contribution in [2.75, 3.05) is 18.4 Å². The van der Waals surface area contributed by atoms with E-state index in [4.69, 9.17) is 0 Å². The maximum absolute atomic E-state index is 12.3. The number of aromatic nitrogens is 2. The Bertz CT molecular complexity index is 571. The lowest BCUT2D eigenvalue weighted by molar-refractivity contribution is 0.214. The van der Waals surface area contributed by atoms with Gasteiger partial charge in [-0.15, -0.1) is 0 Å². The van der Waals surface area contributed by atoms with Crippen LogP contribution in [0.2, 0.25) is 0 Å². The van der Waals surface area contributed by atoms with Gasteiger partial charge in [0.05, 0.1) is 17.9 Å². The SMILES string of the molecule is CC1=C(C)CN(C(=O)Nc2cnn(C(C)C3CC3)c2)CC1. The largest absolute Gasteiger partial charge is 0.322 e. The Kier molecular flexibility index (Phi) is 3.74. The van der Waals surface area contributed by atoms with Gasteiger partial charge in [0.1, 0.15) is 0 Å². The Morgan fingerprint density at radius 1 is 1.38 bits per heavy atom. The molecule has 0 bridgehead atoms. The maximum atomic E-state index is 12.3. The van der Waals surface area contributed by atoms with Crippen LogP contribution in [0.15, 0.2) is 23.5 Å². The van der Waals surface area contributed by atoms with E-state index in [-0.39, 0.29) is 6.03 Å². The van der Waals surface area contributed by atoms with E-state index in [2.05, 4.69) is 31.2 Å². The summed E-state index contributed by atoms with van der Waals surface area (Å²) in [4.78, 5) is 14.2. The average molecular weight is 288 g/mol. The van der Waals surface area contributed by atoms with Gasteiger partial charge in [-0.2, -0.15) is 5.10 Å². The second-order valence-electron chi connectivity index (χ2n) is 6.45. The zero-order valence-corrected chi connectivity index (χ0v) is 13.1. The van der Waals surface area contributed by atoms with Crippen molar-refractivity contribution in [3.63, 3.8) is 0 Å². The normalized spacial score (nSPS) is 20.6. The number of hydrogen-bond donors (Lipinski definition) is 1. The van der Waals surface area contributed by atoms with E-state index >= 15 is 0 Å². The molecule has 1 N–H and O–H groups in total. The minimum Gasteiger partial charge on any atom is -0.320 e. The molecule has 21 heavy (non-hydrogen) atoms. The highest BCUT2D eigenvalue weighted by molar-refractivity contribution is 5.89. The fourth-order valence-electron chi connectivity index (χ4n) is 2.81. The molecular weight excluding hydrogens is 264 g/mol. The number of nitrogens with zero attached hydrogens (tertiary/aromatic N) is 3. The summed E-state index contributed by atoms with van der Waals surface area (Å²) in [6.45, 7) is 7.96. The zero-order chi connectivity index (χ0) is 15.0. The lowest BCUT2D eigenvalue weighted by atomic mass is 10.0. The molecule has 1 fully saturated rings. The first-order valence-corrected chi connectivity index (χ1v) is 7.80. The van der Waals surface area contributed by atoms with Gasteiger partial charge < -0.3 is 10.2 Å². The fourth-order valence-corrected chi connectivity index (χ4v) is 2.81. The quantitative estimate of drug-likeness (QED) is 0.866. The van der Waals surface area contributed by atoms with E-state index in [0.29, 0.717) is 6.04 Å². The molecule has 1 unspecified atom stereocenters. The number of rotatable bonds is 3. The number of carbonyl (C=O) groups excluding carboxylic acids is 1. The van der Waals surface area contributed by atoms with Crippen molar-refractivity contribution in [2.24, 2.45) is 5.92 Å². The molecule has 0 spiro atoms. The van der Waals surface area contributed by atoms with E-state index < -0.39 is 0 Å². The molecule has 2 aliphatic rings. The molecule has 2 heterocycles. The number of carbonyl (C=O) groups is 1. The van der Waals surface area contributed by atoms with Crippen LogP contribution in [0.5, 0.6) is 0 Å². The van der Waals surface area contributed by atoms with Crippen LogP contribution in [0.3, 0.4) is 0 Å². The summed E-state index contributed by atoms with van der Waals surface area (Å²) < 4.78 is 1.97. The molecule has 3 rings (SSSR count). The number of hydrogen-bond acceptors (Lipinski definition) is 2. The maximum Gasteiger partial charge on any atom is 0.322 e. The second kappa shape index (κ2) is 5.54. The number of nitrogens with one attached hydrogen (secondary N) is 1. The van der Waals surface area contributed by atoms with Crippen LogP contribution in [-0.4, -0.2) is 33.8 Å². The second-order valence-corrected chi connectivity index (χ2v) is 6.45. The fraction of sp³-hybridized carbons (Fsp3) is 0.625. The Morgan fingerprint density at radius 2 is 2.14 bits per heavy atom. The van der Waals surface area contributed by atoms with Crippen molar-refractivity contribution < 1.29 is 4.79 Å². The van der Waals surface area contributed by atoms with Gasteiger partial charge in [-0.05, 0) is 46.0 Å². The van der Waals surface area contributed by atoms with Crippen molar-refractivity contribution >= 4 is 11.7 Å². The molecule has 5 nitrogen and oxygen atoms in total. The van der Waals surface area contributed by atoms with Gasteiger partial charge in [0, 0.05) is 19.3 Å². The molecule has 1 atom stereocenters. The van der Waals surface area contributed by atoms with E-state index in [1.807, 2.05) is 15.8 Å². The van der Waals surface area contributed by atoms with Crippen molar-refractivity contribution in [1.82, 2.24) is 14.7 Å². The van der Waals surface area contributed by atoms with Crippen LogP contribution in [0.1, 0.15) is 46.1 Å². The van der Waals surface area contributed by atoms with Crippen molar-refractivity contribution in [3.05, 3.63) is 23.5 Å². The third-order valence-corrected chi connectivity index (χ3v) is 4.77. The molecule has 0 aromatic carbocycles. The molecule has 1 aromatic rings. The molecular formula is C16H24N4O. The lowest BCUT2D eigenvalue weighted by Crippen LogP contribution is -2.39. The first kappa shape index (κ1) is 14.2. The molecule has 1 aromatic heterocycles. The Labute approximate surface area is 126 Å². The zero-order valence-electron chi connectivity index (χ0n) is 13.1. The highest BCUT2D eigenvalue weighted by Gasteiger charge is 2.29. The molecule has 1 aliphatic heterocycles. The first-order valence-electron chi connectivity index (χ1n) is 7.80. The minimum absolute atomic E-state index is 0.0273. The van der Waals surface area contributed by atoms with Crippen LogP contribution < -0.4 is 5.32 Å². The Hall–Kier alpha value is -1.78. The summed E-state index contributed by atoms with van der Waals surface area (Å²) in [6.07, 6.45) is 7.24. The van der Waals surface area contributed by atoms with Gasteiger partial charge in [-0.25, -0.2) is 4.79 Å². The minimum atomic E-state index is -0.0273. The third-order valence-electron chi connectivity index (χ3n) is 4.77. The van der Waals surface area contributed by atoms with Gasteiger partial charge in [0.25, 0.3) is 0 Å². The van der Waals surface area contributed by atoms with Crippen LogP contribution in [0.25, 0.3) is 0 Å². The van der Waals surface area contributed by atoms with E-state index in [1.54, 1.807) is 6.20 Å². The summed E-state index contributed by atoms with van der Waals surface area (Å²) in [5, 5.41) is 7.34.